The number of hydrogen-bond acceptors (Lipinski definition) is 3. The number of anilines is 1. The number of carbonyl (C=O) groups excluding carboxylic acids is 2. The molecule has 1 aromatic rings. The minimum Gasteiger partial charge on any atom is -0.466 e. The molecule has 0 saturated heterocycles. The molecule has 122 valence electrons. The lowest BCUT2D eigenvalue weighted by Crippen LogP contribution is -2.38. The Bertz CT molecular complexity index is 532. The van der Waals surface area contributed by atoms with Crippen molar-refractivity contribution in [2.45, 2.75) is 32.5 Å². The van der Waals surface area contributed by atoms with E-state index in [0.717, 1.165) is 12.1 Å². The number of hydrogen-bond donors (Lipinski definition) is 2. The number of benzene rings is 1. The largest absolute Gasteiger partial charge is 0.466 e. The second kappa shape index (κ2) is 7.67. The highest BCUT2D eigenvalue weighted by Crippen LogP contribution is 2.34. The molecule has 1 aromatic carbocycles. The molecule has 8 heteroatoms. The summed E-state index contributed by atoms with van der Waals surface area (Å²) >= 11 is 0. The predicted molar refractivity (Wildman–Crippen MR) is 74.3 cm³/mol. The van der Waals surface area contributed by atoms with Crippen molar-refractivity contribution in [3.8, 4) is 0 Å². The smallest absolute Gasteiger partial charge is 0.418 e. The van der Waals surface area contributed by atoms with Gasteiger partial charge in [-0.3, -0.25) is 4.79 Å². The van der Waals surface area contributed by atoms with Crippen LogP contribution in [0.3, 0.4) is 0 Å². The molecular formula is C14H17F3N2O3. The standard InChI is InChI=1S/C14H17F3N2O3/c1-3-22-12(20)8-9(2)18-13(21)19-11-7-5-4-6-10(11)14(15,16)17/h4-7,9H,3,8H2,1-2H3,(H2,18,19,21). The molecule has 0 radical (unpaired) electrons. The maximum Gasteiger partial charge on any atom is 0.418 e. The summed E-state index contributed by atoms with van der Waals surface area (Å²) in [6, 6.07) is 3.24. The van der Waals surface area contributed by atoms with E-state index in [1.165, 1.54) is 12.1 Å². The highest BCUT2D eigenvalue weighted by atomic mass is 19.4. The second-order valence-corrected chi connectivity index (χ2v) is 4.55. The molecule has 1 atom stereocenters. The SMILES string of the molecule is CCOC(=O)CC(C)NC(=O)Nc1ccccc1C(F)(F)F. The summed E-state index contributed by atoms with van der Waals surface area (Å²) < 4.78 is 43.1. The van der Waals surface area contributed by atoms with E-state index in [1.54, 1.807) is 13.8 Å². The van der Waals surface area contributed by atoms with Gasteiger partial charge < -0.3 is 15.4 Å². The van der Waals surface area contributed by atoms with Gasteiger partial charge in [-0.1, -0.05) is 12.1 Å². The van der Waals surface area contributed by atoms with Crippen LogP contribution in [0, 0.1) is 0 Å². The van der Waals surface area contributed by atoms with Gasteiger partial charge in [0.25, 0.3) is 0 Å². The summed E-state index contributed by atoms with van der Waals surface area (Å²) in [5.41, 5.74) is -1.29. The fraction of sp³-hybridized carbons (Fsp3) is 0.429. The number of amides is 2. The third-order valence-electron chi connectivity index (χ3n) is 2.64. The van der Waals surface area contributed by atoms with Gasteiger partial charge in [0.15, 0.2) is 0 Å². The Morgan fingerprint density at radius 3 is 2.50 bits per heavy atom. The first-order chi connectivity index (χ1) is 10.2. The summed E-state index contributed by atoms with van der Waals surface area (Å²) in [7, 11) is 0. The number of esters is 1. The normalized spacial score (nSPS) is 12.4. The number of halogens is 3. The first-order valence-corrected chi connectivity index (χ1v) is 6.63. The number of alkyl halides is 3. The fourth-order valence-corrected chi connectivity index (χ4v) is 1.74. The molecule has 1 unspecified atom stereocenters. The van der Waals surface area contributed by atoms with Crippen molar-refractivity contribution in [3.63, 3.8) is 0 Å². The molecule has 0 aliphatic heterocycles. The molecule has 0 aliphatic rings. The summed E-state index contributed by atoms with van der Waals surface area (Å²) in [4.78, 5) is 22.9. The van der Waals surface area contributed by atoms with Crippen LogP contribution in [0.2, 0.25) is 0 Å². The first-order valence-electron chi connectivity index (χ1n) is 6.63. The maximum atomic E-state index is 12.8. The number of urea groups is 1. The highest BCUT2D eigenvalue weighted by molar-refractivity contribution is 5.90. The lowest BCUT2D eigenvalue weighted by atomic mass is 10.1. The Balaban J connectivity index is 2.65. The number of rotatable bonds is 5. The van der Waals surface area contributed by atoms with Crippen molar-refractivity contribution in [2.24, 2.45) is 0 Å². The Labute approximate surface area is 125 Å². The van der Waals surface area contributed by atoms with Crippen LogP contribution in [0.1, 0.15) is 25.8 Å². The van der Waals surface area contributed by atoms with Gasteiger partial charge >= 0.3 is 18.2 Å². The lowest BCUT2D eigenvalue weighted by Gasteiger charge is -2.16. The molecule has 22 heavy (non-hydrogen) atoms. The van der Waals surface area contributed by atoms with Crippen LogP contribution in [0.4, 0.5) is 23.7 Å². The molecule has 0 saturated carbocycles. The van der Waals surface area contributed by atoms with Crippen molar-refractivity contribution in [3.05, 3.63) is 29.8 Å². The molecule has 0 bridgehead atoms. The lowest BCUT2D eigenvalue weighted by molar-refractivity contribution is -0.143. The zero-order chi connectivity index (χ0) is 16.8. The van der Waals surface area contributed by atoms with Gasteiger partial charge in [0, 0.05) is 6.04 Å². The van der Waals surface area contributed by atoms with E-state index in [4.69, 9.17) is 4.74 Å². The molecular weight excluding hydrogens is 301 g/mol. The molecule has 0 aliphatic carbocycles. The second-order valence-electron chi connectivity index (χ2n) is 4.55. The van der Waals surface area contributed by atoms with Crippen molar-refractivity contribution < 1.29 is 27.5 Å². The van der Waals surface area contributed by atoms with Gasteiger partial charge in [-0.2, -0.15) is 13.2 Å². The monoisotopic (exact) mass is 318 g/mol. The number of carbonyl (C=O) groups is 2. The minimum absolute atomic E-state index is 0.0673. The highest BCUT2D eigenvalue weighted by Gasteiger charge is 2.33. The van der Waals surface area contributed by atoms with Crippen molar-refractivity contribution in [1.82, 2.24) is 5.32 Å². The maximum absolute atomic E-state index is 12.8. The van der Waals surface area contributed by atoms with E-state index in [9.17, 15) is 22.8 Å². The van der Waals surface area contributed by atoms with E-state index in [-0.39, 0.29) is 18.7 Å². The Hall–Kier alpha value is -2.25. The van der Waals surface area contributed by atoms with Crippen LogP contribution in [0.5, 0.6) is 0 Å². The Morgan fingerprint density at radius 1 is 1.27 bits per heavy atom. The average molecular weight is 318 g/mol. The number of ether oxygens (including phenoxy) is 1. The van der Waals surface area contributed by atoms with Crippen LogP contribution in [0.25, 0.3) is 0 Å². The zero-order valence-electron chi connectivity index (χ0n) is 12.2. The van der Waals surface area contributed by atoms with Gasteiger partial charge in [-0.15, -0.1) is 0 Å². The Kier molecular flexibility index (Phi) is 6.21. The zero-order valence-corrected chi connectivity index (χ0v) is 12.2. The molecule has 0 aromatic heterocycles. The molecule has 2 amide bonds. The fourth-order valence-electron chi connectivity index (χ4n) is 1.74. The first kappa shape index (κ1) is 17.8. The summed E-state index contributed by atoms with van der Waals surface area (Å²) in [5, 5.41) is 4.51. The van der Waals surface area contributed by atoms with Gasteiger partial charge in [0.05, 0.1) is 24.3 Å². The van der Waals surface area contributed by atoms with E-state index in [0.29, 0.717) is 0 Å². The van der Waals surface area contributed by atoms with Crippen molar-refractivity contribution in [1.29, 1.82) is 0 Å². The van der Waals surface area contributed by atoms with E-state index >= 15 is 0 Å². The summed E-state index contributed by atoms with van der Waals surface area (Å²) in [6.45, 7) is 3.42. The van der Waals surface area contributed by atoms with Crippen LogP contribution < -0.4 is 10.6 Å². The molecule has 0 fully saturated rings. The van der Waals surface area contributed by atoms with E-state index in [2.05, 4.69) is 10.6 Å². The molecule has 0 heterocycles. The quantitative estimate of drug-likeness (QED) is 0.820. The molecule has 2 N–H and O–H groups in total. The van der Waals surface area contributed by atoms with Gasteiger partial charge in [0.2, 0.25) is 0 Å². The summed E-state index contributed by atoms with van der Waals surface area (Å²) in [5.74, 6) is -0.494. The van der Waals surface area contributed by atoms with Gasteiger partial charge in [-0.05, 0) is 26.0 Å². The van der Waals surface area contributed by atoms with Crippen LogP contribution in [-0.2, 0) is 15.7 Å². The topological polar surface area (TPSA) is 67.4 Å². The molecule has 1 rings (SSSR count). The number of para-hydroxylation sites is 1. The van der Waals surface area contributed by atoms with E-state index in [1.807, 2.05) is 0 Å². The van der Waals surface area contributed by atoms with Gasteiger partial charge in [0.1, 0.15) is 0 Å². The van der Waals surface area contributed by atoms with Crippen LogP contribution in [-0.4, -0.2) is 24.6 Å². The van der Waals surface area contributed by atoms with Crippen LogP contribution >= 0.6 is 0 Å². The minimum atomic E-state index is -4.57. The van der Waals surface area contributed by atoms with E-state index < -0.39 is 29.8 Å². The van der Waals surface area contributed by atoms with Gasteiger partial charge in [-0.25, -0.2) is 4.79 Å². The molecule has 5 nitrogen and oxygen atoms in total. The Morgan fingerprint density at radius 2 is 1.91 bits per heavy atom. The van der Waals surface area contributed by atoms with Crippen LogP contribution in [0.15, 0.2) is 24.3 Å². The van der Waals surface area contributed by atoms with Crippen molar-refractivity contribution in [2.75, 3.05) is 11.9 Å². The predicted octanol–water partition coefficient (Wildman–Crippen LogP) is 3.17. The third kappa shape index (κ3) is 5.63. The average Bonchev–Trinajstić information content (AvgIpc) is 2.37. The summed E-state index contributed by atoms with van der Waals surface area (Å²) in [6.07, 6.45) is -4.64. The van der Waals surface area contributed by atoms with Crippen molar-refractivity contribution >= 4 is 17.7 Å². The number of nitrogens with one attached hydrogen (secondary N) is 2. The third-order valence-corrected chi connectivity index (χ3v) is 2.64. The molecule has 0 spiro atoms.